The molecule has 0 aliphatic heterocycles. The Labute approximate surface area is 115 Å². The summed E-state index contributed by atoms with van der Waals surface area (Å²) in [4.78, 5) is 0. The van der Waals surface area contributed by atoms with Crippen molar-refractivity contribution in [2.75, 3.05) is 13.7 Å². The molecule has 19 heavy (non-hydrogen) atoms. The standard InChI is InChI=1S/C13H22N2O3S/c1-13(2,10-16)15(3)19(17,18)9-12-7-5-4-6-11(12)8-14/h4-7,16H,8-10,14H2,1-3H3. The molecule has 0 saturated heterocycles. The molecule has 0 spiro atoms. The number of sulfonamides is 1. The van der Waals surface area contributed by atoms with Crippen molar-refractivity contribution in [1.82, 2.24) is 4.31 Å². The zero-order chi connectivity index (χ0) is 14.7. The van der Waals surface area contributed by atoms with E-state index in [1.165, 1.54) is 11.4 Å². The third-order valence-electron chi connectivity index (χ3n) is 3.33. The number of benzene rings is 1. The fraction of sp³-hybridized carbons (Fsp3) is 0.538. The first-order valence-corrected chi connectivity index (χ1v) is 7.70. The fourth-order valence-corrected chi connectivity index (χ4v) is 3.35. The summed E-state index contributed by atoms with van der Waals surface area (Å²) >= 11 is 0. The third-order valence-corrected chi connectivity index (χ3v) is 5.34. The third kappa shape index (κ3) is 3.76. The van der Waals surface area contributed by atoms with Crippen LogP contribution in [0.5, 0.6) is 0 Å². The molecular weight excluding hydrogens is 264 g/mol. The van der Waals surface area contributed by atoms with Gasteiger partial charge in [0.2, 0.25) is 10.0 Å². The fourth-order valence-electron chi connectivity index (χ4n) is 1.67. The summed E-state index contributed by atoms with van der Waals surface area (Å²) in [6.45, 7) is 3.43. The number of rotatable bonds is 6. The Kier molecular flexibility index (Phi) is 5.09. The van der Waals surface area contributed by atoms with Gasteiger partial charge < -0.3 is 10.8 Å². The summed E-state index contributed by atoms with van der Waals surface area (Å²) < 4.78 is 25.9. The lowest BCUT2D eigenvalue weighted by Crippen LogP contribution is -2.48. The number of hydrogen-bond acceptors (Lipinski definition) is 4. The normalized spacial score (nSPS) is 12.9. The van der Waals surface area contributed by atoms with Crippen LogP contribution < -0.4 is 5.73 Å². The van der Waals surface area contributed by atoms with Crippen molar-refractivity contribution < 1.29 is 13.5 Å². The molecule has 0 unspecified atom stereocenters. The van der Waals surface area contributed by atoms with Crippen molar-refractivity contribution >= 4 is 10.0 Å². The summed E-state index contributed by atoms with van der Waals surface area (Å²) in [7, 11) is -2.02. The van der Waals surface area contributed by atoms with E-state index in [1.807, 2.05) is 12.1 Å². The molecule has 5 nitrogen and oxygen atoms in total. The van der Waals surface area contributed by atoms with Gasteiger partial charge in [-0.05, 0) is 25.0 Å². The summed E-state index contributed by atoms with van der Waals surface area (Å²) in [5.41, 5.74) is 6.31. The number of nitrogens with two attached hydrogens (primary N) is 1. The Balaban J connectivity index is 3.03. The van der Waals surface area contributed by atoms with Crippen LogP contribution in [0, 0.1) is 0 Å². The predicted molar refractivity (Wildman–Crippen MR) is 75.9 cm³/mol. The molecule has 0 fully saturated rings. The molecule has 1 rings (SSSR count). The Morgan fingerprint density at radius 1 is 1.26 bits per heavy atom. The van der Waals surface area contributed by atoms with Crippen molar-refractivity contribution in [3.8, 4) is 0 Å². The Morgan fingerprint density at radius 2 is 1.79 bits per heavy atom. The van der Waals surface area contributed by atoms with Crippen molar-refractivity contribution in [3.05, 3.63) is 35.4 Å². The van der Waals surface area contributed by atoms with Crippen LogP contribution in [0.15, 0.2) is 24.3 Å². The molecular formula is C13H22N2O3S. The topological polar surface area (TPSA) is 83.6 Å². The van der Waals surface area contributed by atoms with Crippen molar-refractivity contribution in [2.45, 2.75) is 31.7 Å². The van der Waals surface area contributed by atoms with E-state index in [-0.39, 0.29) is 12.4 Å². The van der Waals surface area contributed by atoms with Crippen LogP contribution in [0.4, 0.5) is 0 Å². The van der Waals surface area contributed by atoms with Gasteiger partial charge in [-0.25, -0.2) is 8.42 Å². The number of aliphatic hydroxyl groups is 1. The highest BCUT2D eigenvalue weighted by Gasteiger charge is 2.32. The lowest BCUT2D eigenvalue weighted by atomic mass is 10.1. The van der Waals surface area contributed by atoms with Gasteiger partial charge in [0, 0.05) is 13.6 Å². The van der Waals surface area contributed by atoms with Gasteiger partial charge in [0.05, 0.1) is 17.9 Å². The highest BCUT2D eigenvalue weighted by molar-refractivity contribution is 7.88. The van der Waals surface area contributed by atoms with Crippen LogP contribution in [-0.4, -0.2) is 37.0 Å². The predicted octanol–water partition coefficient (Wildman–Crippen LogP) is 0.678. The minimum absolute atomic E-state index is 0.111. The summed E-state index contributed by atoms with van der Waals surface area (Å²) in [5.74, 6) is -0.111. The van der Waals surface area contributed by atoms with Crippen LogP contribution in [0.25, 0.3) is 0 Å². The SMILES string of the molecule is CN(C(C)(C)CO)S(=O)(=O)Cc1ccccc1CN. The second-order valence-electron chi connectivity index (χ2n) is 5.17. The van der Waals surface area contributed by atoms with E-state index in [2.05, 4.69) is 0 Å². The molecule has 0 aliphatic carbocycles. The Hall–Kier alpha value is -0.950. The highest BCUT2D eigenvalue weighted by atomic mass is 32.2. The van der Waals surface area contributed by atoms with Gasteiger partial charge in [-0.1, -0.05) is 24.3 Å². The van der Waals surface area contributed by atoms with Gasteiger partial charge in [-0.3, -0.25) is 0 Å². The van der Waals surface area contributed by atoms with Gasteiger partial charge in [0.25, 0.3) is 0 Å². The van der Waals surface area contributed by atoms with Crippen LogP contribution in [0.3, 0.4) is 0 Å². The minimum Gasteiger partial charge on any atom is -0.394 e. The van der Waals surface area contributed by atoms with Crippen LogP contribution in [0.1, 0.15) is 25.0 Å². The monoisotopic (exact) mass is 286 g/mol. The molecule has 1 aromatic rings. The molecule has 1 aromatic carbocycles. The van der Waals surface area contributed by atoms with Crippen molar-refractivity contribution in [1.29, 1.82) is 0 Å². The summed E-state index contributed by atoms with van der Waals surface area (Å²) in [5, 5.41) is 9.27. The molecule has 0 amide bonds. The first-order valence-electron chi connectivity index (χ1n) is 6.09. The zero-order valence-corrected chi connectivity index (χ0v) is 12.4. The number of likely N-dealkylation sites (N-methyl/N-ethyl adjacent to an activating group) is 1. The molecule has 0 aliphatic rings. The molecule has 3 N–H and O–H groups in total. The number of nitrogens with zero attached hydrogens (tertiary/aromatic N) is 1. The minimum atomic E-state index is -3.50. The first-order chi connectivity index (χ1) is 8.74. The van der Waals surface area contributed by atoms with Crippen LogP contribution in [0.2, 0.25) is 0 Å². The molecule has 0 atom stereocenters. The maximum Gasteiger partial charge on any atom is 0.218 e. The average molecular weight is 286 g/mol. The second kappa shape index (κ2) is 6.00. The van der Waals surface area contributed by atoms with E-state index in [4.69, 9.17) is 5.73 Å². The van der Waals surface area contributed by atoms with Crippen molar-refractivity contribution in [3.63, 3.8) is 0 Å². The largest absolute Gasteiger partial charge is 0.394 e. The molecule has 0 saturated carbocycles. The van der Waals surface area contributed by atoms with Gasteiger partial charge >= 0.3 is 0 Å². The van der Waals surface area contributed by atoms with E-state index >= 15 is 0 Å². The van der Waals surface area contributed by atoms with Gasteiger partial charge in [-0.2, -0.15) is 4.31 Å². The average Bonchev–Trinajstić information content (AvgIpc) is 2.38. The molecule has 0 heterocycles. The van der Waals surface area contributed by atoms with Gasteiger partial charge in [-0.15, -0.1) is 0 Å². The van der Waals surface area contributed by atoms with E-state index in [0.717, 1.165) is 5.56 Å². The zero-order valence-electron chi connectivity index (χ0n) is 11.6. The van der Waals surface area contributed by atoms with Gasteiger partial charge in [0.1, 0.15) is 0 Å². The van der Waals surface area contributed by atoms with E-state index < -0.39 is 15.6 Å². The molecule has 108 valence electrons. The van der Waals surface area contributed by atoms with Crippen LogP contribution >= 0.6 is 0 Å². The van der Waals surface area contributed by atoms with Gasteiger partial charge in [0.15, 0.2) is 0 Å². The maximum atomic E-state index is 12.3. The number of aliphatic hydroxyl groups excluding tert-OH is 1. The number of hydrogen-bond donors (Lipinski definition) is 2. The van der Waals surface area contributed by atoms with E-state index in [1.54, 1.807) is 26.0 Å². The molecule has 0 radical (unpaired) electrons. The Morgan fingerprint density at radius 3 is 2.26 bits per heavy atom. The second-order valence-corrected chi connectivity index (χ2v) is 7.17. The van der Waals surface area contributed by atoms with Crippen molar-refractivity contribution in [2.24, 2.45) is 5.73 Å². The smallest absolute Gasteiger partial charge is 0.218 e. The van der Waals surface area contributed by atoms with E-state index in [9.17, 15) is 13.5 Å². The molecule has 0 bridgehead atoms. The quantitative estimate of drug-likeness (QED) is 0.805. The highest BCUT2D eigenvalue weighted by Crippen LogP contribution is 2.20. The van der Waals surface area contributed by atoms with Crippen LogP contribution in [-0.2, 0) is 22.3 Å². The lowest BCUT2D eigenvalue weighted by molar-refractivity contribution is 0.138. The Bertz CT molecular complexity index is 526. The van der Waals surface area contributed by atoms with E-state index in [0.29, 0.717) is 12.1 Å². The molecule has 0 aromatic heterocycles. The first kappa shape index (κ1) is 16.1. The summed E-state index contributed by atoms with van der Waals surface area (Å²) in [6.07, 6.45) is 0. The lowest BCUT2D eigenvalue weighted by Gasteiger charge is -2.33. The maximum absolute atomic E-state index is 12.3. The molecule has 6 heteroatoms. The summed E-state index contributed by atoms with van der Waals surface area (Å²) in [6, 6.07) is 7.21.